The van der Waals surface area contributed by atoms with E-state index in [1.54, 1.807) is 0 Å². The van der Waals surface area contributed by atoms with Gasteiger partial charge in [0.2, 0.25) is 0 Å². The number of hydrogen-bond acceptors (Lipinski definition) is 4. The maximum Gasteiger partial charge on any atom is 0.147 e. The predicted molar refractivity (Wildman–Crippen MR) is 151 cm³/mol. The Morgan fingerprint density at radius 1 is 0.946 bits per heavy atom. The zero-order valence-electron chi connectivity index (χ0n) is 22.4. The number of anilines is 1. The van der Waals surface area contributed by atoms with Gasteiger partial charge >= 0.3 is 0 Å². The topological polar surface area (TPSA) is 42.2 Å². The van der Waals surface area contributed by atoms with Crippen LogP contribution in [0.3, 0.4) is 0 Å². The summed E-state index contributed by atoms with van der Waals surface area (Å²) >= 11 is 0. The molecule has 1 saturated heterocycles. The highest BCUT2D eigenvalue weighted by atomic mass is 16.5. The van der Waals surface area contributed by atoms with Gasteiger partial charge < -0.3 is 9.42 Å². The molecule has 4 nitrogen and oxygen atoms in total. The number of benzene rings is 2. The highest BCUT2D eigenvalue weighted by molar-refractivity contribution is 5.88. The summed E-state index contributed by atoms with van der Waals surface area (Å²) in [4.78, 5) is 7.33. The molecule has 0 radical (unpaired) electrons. The van der Waals surface area contributed by atoms with Crippen LogP contribution in [0.1, 0.15) is 71.6 Å². The van der Waals surface area contributed by atoms with Crippen LogP contribution in [0, 0.1) is 33.1 Å². The molecule has 0 unspecified atom stereocenters. The van der Waals surface area contributed by atoms with Crippen molar-refractivity contribution in [1.29, 1.82) is 0 Å². The number of aryl methyl sites for hydroxylation is 4. The highest BCUT2D eigenvalue weighted by Gasteiger charge is 2.44. The Labute approximate surface area is 219 Å². The molecule has 3 heterocycles. The number of aromatic nitrogens is 2. The van der Waals surface area contributed by atoms with Crippen LogP contribution in [0.25, 0.3) is 27.7 Å². The molecule has 4 aromatic rings. The normalized spacial score (nSPS) is 18.8. The lowest BCUT2D eigenvalue weighted by molar-refractivity contribution is 0.277. The maximum atomic E-state index is 6.04. The minimum atomic E-state index is 0.308. The van der Waals surface area contributed by atoms with Gasteiger partial charge in [0.05, 0.1) is 5.52 Å². The second-order valence-electron chi connectivity index (χ2n) is 11.8. The minimum absolute atomic E-state index is 0.308. The van der Waals surface area contributed by atoms with Gasteiger partial charge in [-0.05, 0) is 105 Å². The molecule has 0 atom stereocenters. The van der Waals surface area contributed by atoms with Gasteiger partial charge in [-0.25, -0.2) is 0 Å². The molecule has 37 heavy (non-hydrogen) atoms. The first-order valence-corrected chi connectivity index (χ1v) is 13.8. The molecule has 188 valence electrons. The van der Waals surface area contributed by atoms with E-state index in [-0.39, 0.29) is 0 Å². The van der Waals surface area contributed by atoms with Crippen LogP contribution in [-0.4, -0.2) is 23.2 Å². The van der Waals surface area contributed by atoms with Gasteiger partial charge in [0.15, 0.2) is 0 Å². The molecule has 4 heteroatoms. The molecule has 3 aliphatic rings. The van der Waals surface area contributed by atoms with Gasteiger partial charge in [-0.2, -0.15) is 0 Å². The molecule has 2 aromatic carbocycles. The number of nitrogens with zero attached hydrogens (tertiary/aromatic N) is 3. The summed E-state index contributed by atoms with van der Waals surface area (Å²) in [5.74, 6) is 1.68. The minimum Gasteiger partial charge on any atom is -0.371 e. The summed E-state index contributed by atoms with van der Waals surface area (Å²) in [6.45, 7) is 10.9. The molecule has 7 rings (SSSR count). The molecule has 0 bridgehead atoms. The number of hydrogen-bond donors (Lipinski definition) is 0. The van der Waals surface area contributed by atoms with Crippen LogP contribution in [0.15, 0.2) is 53.2 Å². The smallest absolute Gasteiger partial charge is 0.147 e. The van der Waals surface area contributed by atoms with E-state index in [1.807, 2.05) is 6.20 Å². The first-order chi connectivity index (χ1) is 17.9. The van der Waals surface area contributed by atoms with Crippen LogP contribution < -0.4 is 4.90 Å². The van der Waals surface area contributed by atoms with Crippen molar-refractivity contribution in [2.75, 3.05) is 18.0 Å². The number of pyridine rings is 1. The van der Waals surface area contributed by atoms with E-state index < -0.39 is 0 Å². The van der Waals surface area contributed by atoms with Gasteiger partial charge in [-0.3, -0.25) is 4.98 Å². The van der Waals surface area contributed by atoms with E-state index >= 15 is 0 Å². The SMILES string of the molecule is Cc1cnc2c(C)c(N3CCC4(C=C(c5c(-c6c(C)cccc6C)noc5C5CC5)C4)CC3)ccc2c1. The highest BCUT2D eigenvalue weighted by Crippen LogP contribution is 2.56. The third-order valence-corrected chi connectivity index (χ3v) is 9.04. The molecule has 0 N–H and O–H groups in total. The summed E-state index contributed by atoms with van der Waals surface area (Å²) < 4.78 is 6.04. The second-order valence-corrected chi connectivity index (χ2v) is 11.8. The van der Waals surface area contributed by atoms with Crippen molar-refractivity contribution in [3.8, 4) is 11.3 Å². The Hall–Kier alpha value is -3.40. The molecular formula is C33H35N3O. The van der Waals surface area contributed by atoms with Crippen molar-refractivity contribution in [3.63, 3.8) is 0 Å². The fourth-order valence-corrected chi connectivity index (χ4v) is 6.78. The molecule has 2 fully saturated rings. The zero-order valence-corrected chi connectivity index (χ0v) is 22.4. The molecular weight excluding hydrogens is 454 g/mol. The van der Waals surface area contributed by atoms with Crippen molar-refractivity contribution in [2.24, 2.45) is 5.41 Å². The van der Waals surface area contributed by atoms with Gasteiger partial charge in [0, 0.05) is 47.4 Å². The number of piperidine rings is 1. The van der Waals surface area contributed by atoms with Gasteiger partial charge in [-0.15, -0.1) is 0 Å². The summed E-state index contributed by atoms with van der Waals surface area (Å²) in [6.07, 6.45) is 10.5. The second kappa shape index (κ2) is 8.31. The number of fused-ring (bicyclic) bond motifs is 1. The predicted octanol–water partition coefficient (Wildman–Crippen LogP) is 8.07. The fourth-order valence-electron chi connectivity index (χ4n) is 6.78. The number of rotatable bonds is 4. The van der Waals surface area contributed by atoms with Crippen LogP contribution in [0.2, 0.25) is 0 Å². The standard InChI is InChI=1S/C33H35N3O/c1-20-16-25-10-11-27(23(4)30(25)34-19-20)36-14-12-33(13-15-36)17-26(18-33)29-31(35-37-32(29)24-8-9-24)28-21(2)6-5-7-22(28)3/h5-7,10-11,16-17,19,24H,8-9,12-15,18H2,1-4H3. The van der Waals surface area contributed by atoms with Gasteiger partial charge in [-0.1, -0.05) is 35.5 Å². The Kier molecular flexibility index (Phi) is 5.11. The average Bonchev–Trinajstić information content (AvgIpc) is 3.62. The summed E-state index contributed by atoms with van der Waals surface area (Å²) in [5.41, 5.74) is 12.9. The van der Waals surface area contributed by atoms with E-state index in [9.17, 15) is 0 Å². The van der Waals surface area contributed by atoms with Crippen molar-refractivity contribution in [1.82, 2.24) is 10.1 Å². The molecule has 2 aromatic heterocycles. The molecule has 1 spiro atoms. The molecule has 1 aliphatic heterocycles. The fraction of sp³-hybridized carbons (Fsp3) is 0.394. The van der Waals surface area contributed by atoms with Crippen molar-refractivity contribution < 1.29 is 4.52 Å². The average molecular weight is 490 g/mol. The van der Waals surface area contributed by atoms with Crippen molar-refractivity contribution >= 4 is 22.2 Å². The van der Waals surface area contributed by atoms with E-state index in [4.69, 9.17) is 9.51 Å². The van der Waals surface area contributed by atoms with Crippen LogP contribution in [-0.2, 0) is 0 Å². The summed E-state index contributed by atoms with van der Waals surface area (Å²) in [5, 5.41) is 5.90. The van der Waals surface area contributed by atoms with Crippen LogP contribution in [0.5, 0.6) is 0 Å². The third kappa shape index (κ3) is 3.72. The lowest BCUT2D eigenvalue weighted by atomic mass is 9.63. The monoisotopic (exact) mass is 489 g/mol. The molecule has 1 saturated carbocycles. The zero-order chi connectivity index (χ0) is 25.3. The van der Waals surface area contributed by atoms with E-state index in [2.05, 4.69) is 80.2 Å². The Bertz CT molecular complexity index is 1540. The van der Waals surface area contributed by atoms with Gasteiger partial charge in [0.1, 0.15) is 11.5 Å². The van der Waals surface area contributed by atoms with Crippen LogP contribution in [0.4, 0.5) is 5.69 Å². The van der Waals surface area contributed by atoms with Crippen molar-refractivity contribution in [3.05, 3.63) is 82.2 Å². The van der Waals surface area contributed by atoms with Crippen LogP contribution >= 0.6 is 0 Å². The van der Waals surface area contributed by atoms with E-state index in [0.717, 1.165) is 36.5 Å². The third-order valence-electron chi connectivity index (χ3n) is 9.04. The largest absolute Gasteiger partial charge is 0.371 e. The lowest BCUT2D eigenvalue weighted by Gasteiger charge is -2.47. The quantitative estimate of drug-likeness (QED) is 0.291. The van der Waals surface area contributed by atoms with Crippen molar-refractivity contribution in [2.45, 2.75) is 65.7 Å². The van der Waals surface area contributed by atoms with Gasteiger partial charge in [0.25, 0.3) is 0 Å². The summed E-state index contributed by atoms with van der Waals surface area (Å²) in [7, 11) is 0. The molecule has 2 aliphatic carbocycles. The van der Waals surface area contributed by atoms with E-state index in [1.165, 1.54) is 75.7 Å². The maximum absolute atomic E-state index is 6.04. The molecule has 0 amide bonds. The lowest BCUT2D eigenvalue weighted by Crippen LogP contribution is -2.42. The first kappa shape index (κ1) is 22.8. The Balaban J connectivity index is 1.16. The summed E-state index contributed by atoms with van der Waals surface area (Å²) in [6, 6.07) is 13.3. The van der Waals surface area contributed by atoms with E-state index in [0.29, 0.717) is 11.3 Å². The number of allylic oxidation sites excluding steroid dienone is 2. The Morgan fingerprint density at radius 3 is 2.38 bits per heavy atom. The Morgan fingerprint density at radius 2 is 1.68 bits per heavy atom. The first-order valence-electron chi connectivity index (χ1n) is 13.8.